The Morgan fingerprint density at radius 2 is 1.46 bits per heavy atom. The van der Waals surface area contributed by atoms with E-state index in [0.717, 1.165) is 16.3 Å². The van der Waals surface area contributed by atoms with Gasteiger partial charge in [-0.2, -0.15) is 0 Å². The van der Waals surface area contributed by atoms with Gasteiger partial charge in [0.1, 0.15) is 0 Å². The van der Waals surface area contributed by atoms with Crippen molar-refractivity contribution in [1.29, 1.82) is 0 Å². The minimum atomic E-state index is -3.52. The summed E-state index contributed by atoms with van der Waals surface area (Å²) in [7, 11) is -3.52. The number of hydrogen-bond acceptors (Lipinski definition) is 4. The van der Waals surface area contributed by atoms with E-state index in [9.17, 15) is 9.36 Å². The Bertz CT molecular complexity index is 974. The fourth-order valence-corrected chi connectivity index (χ4v) is 5.39. The summed E-state index contributed by atoms with van der Waals surface area (Å²) in [5.74, 6) is -0.0848. The van der Waals surface area contributed by atoms with Gasteiger partial charge in [-0.25, -0.2) is 0 Å². The van der Waals surface area contributed by atoms with Gasteiger partial charge in [-0.05, 0) is 30.2 Å². The highest BCUT2D eigenvalue weighted by molar-refractivity contribution is 7.54. The first-order valence-corrected chi connectivity index (χ1v) is 11.1. The monoisotopic (exact) mass is 396 g/mol. The number of fused-ring (bicyclic) bond motifs is 1. The van der Waals surface area contributed by atoms with Crippen molar-refractivity contribution in [2.75, 3.05) is 13.2 Å². The van der Waals surface area contributed by atoms with Crippen molar-refractivity contribution in [1.82, 2.24) is 0 Å². The maximum absolute atomic E-state index is 13.6. The largest absolute Gasteiger partial charge is 0.338 e. The van der Waals surface area contributed by atoms with Crippen LogP contribution >= 0.6 is 7.60 Å². The summed E-state index contributed by atoms with van der Waals surface area (Å²) in [6, 6.07) is 22.9. The van der Waals surface area contributed by atoms with Crippen LogP contribution in [-0.4, -0.2) is 19.0 Å². The second-order valence-electron chi connectivity index (χ2n) is 6.49. The highest BCUT2D eigenvalue weighted by Gasteiger charge is 2.38. The number of hydrogen-bond donors (Lipinski definition) is 0. The molecule has 4 nitrogen and oxygen atoms in total. The number of Topliss-reactive ketones (excluding diaryl/α,β-unsaturated/α-hetero) is 1. The molecular formula is C23H25O4P. The third-order valence-electron chi connectivity index (χ3n) is 4.63. The van der Waals surface area contributed by atoms with Crippen molar-refractivity contribution in [2.45, 2.75) is 25.9 Å². The van der Waals surface area contributed by atoms with Gasteiger partial charge in [0.15, 0.2) is 5.78 Å². The lowest BCUT2D eigenvalue weighted by Gasteiger charge is -2.26. The van der Waals surface area contributed by atoms with Crippen LogP contribution in [0.3, 0.4) is 0 Å². The first-order valence-electron chi connectivity index (χ1n) is 9.53. The van der Waals surface area contributed by atoms with Crippen LogP contribution in [0.15, 0.2) is 72.8 Å². The van der Waals surface area contributed by atoms with E-state index in [2.05, 4.69) is 0 Å². The van der Waals surface area contributed by atoms with E-state index in [0.29, 0.717) is 5.56 Å². The van der Waals surface area contributed by atoms with Crippen molar-refractivity contribution >= 4 is 24.2 Å². The van der Waals surface area contributed by atoms with E-state index in [1.165, 1.54) is 0 Å². The number of benzene rings is 3. The summed E-state index contributed by atoms with van der Waals surface area (Å²) in [5, 5.41) is 2.11. The van der Waals surface area contributed by atoms with E-state index in [-0.39, 0.29) is 25.4 Å². The van der Waals surface area contributed by atoms with Crippen LogP contribution in [0.2, 0.25) is 0 Å². The maximum atomic E-state index is 13.6. The Balaban J connectivity index is 2.04. The second kappa shape index (κ2) is 9.29. The Labute approximate surface area is 166 Å². The average molecular weight is 396 g/mol. The second-order valence-corrected chi connectivity index (χ2v) is 8.71. The molecular weight excluding hydrogens is 371 g/mol. The first-order chi connectivity index (χ1) is 13.6. The summed E-state index contributed by atoms with van der Waals surface area (Å²) >= 11 is 0. The lowest BCUT2D eigenvalue weighted by molar-refractivity contribution is 0.0973. The molecule has 3 rings (SSSR count). The standard InChI is InChI=1S/C23H25O4P/c1-3-26-28(25,27-4-2)23(17-22(24)19-11-6-5-7-12-19)21-15-14-18-10-8-9-13-20(18)16-21/h5-16,23H,3-4,17H2,1-2H3/t23-/m0/s1. The van der Waals surface area contributed by atoms with Gasteiger partial charge in [0.2, 0.25) is 0 Å². The molecule has 0 aromatic heterocycles. The highest BCUT2D eigenvalue weighted by Crippen LogP contribution is 2.62. The van der Waals surface area contributed by atoms with Crippen LogP contribution in [0.5, 0.6) is 0 Å². The predicted octanol–water partition coefficient (Wildman–Crippen LogP) is 6.42. The Morgan fingerprint density at radius 1 is 0.857 bits per heavy atom. The zero-order valence-corrected chi connectivity index (χ0v) is 17.1. The average Bonchev–Trinajstić information content (AvgIpc) is 2.72. The topological polar surface area (TPSA) is 52.6 Å². The maximum Gasteiger partial charge on any atom is 0.338 e. The lowest BCUT2D eigenvalue weighted by Crippen LogP contribution is -2.12. The molecule has 0 radical (unpaired) electrons. The fourth-order valence-electron chi connectivity index (χ4n) is 3.32. The third-order valence-corrected chi connectivity index (χ3v) is 7.11. The van der Waals surface area contributed by atoms with Crippen molar-refractivity contribution in [3.05, 3.63) is 83.9 Å². The van der Waals surface area contributed by atoms with Crippen molar-refractivity contribution in [3.63, 3.8) is 0 Å². The fraction of sp³-hybridized carbons (Fsp3) is 0.261. The zero-order chi connectivity index (χ0) is 20.0. The number of ketones is 1. The SMILES string of the molecule is CCOP(=O)(OCC)[C@@H](CC(=O)c1ccccc1)c1ccc2ccccc2c1. The van der Waals surface area contributed by atoms with Crippen molar-refractivity contribution in [3.8, 4) is 0 Å². The van der Waals surface area contributed by atoms with Crippen molar-refractivity contribution in [2.24, 2.45) is 0 Å². The van der Waals surface area contributed by atoms with Crippen molar-refractivity contribution < 1.29 is 18.4 Å². The number of carbonyl (C=O) groups is 1. The number of carbonyl (C=O) groups excluding carboxylic acids is 1. The van der Waals surface area contributed by atoms with Crippen LogP contribution in [0.4, 0.5) is 0 Å². The predicted molar refractivity (Wildman–Crippen MR) is 113 cm³/mol. The Morgan fingerprint density at radius 3 is 2.11 bits per heavy atom. The van der Waals surface area contributed by atoms with E-state index in [1.54, 1.807) is 26.0 Å². The summed E-state index contributed by atoms with van der Waals surface area (Å²) < 4.78 is 24.9. The zero-order valence-electron chi connectivity index (χ0n) is 16.2. The summed E-state index contributed by atoms with van der Waals surface area (Å²) in [5.41, 5.74) is 0.714. The van der Waals surface area contributed by atoms with Gasteiger partial charge < -0.3 is 9.05 Å². The molecule has 0 aliphatic heterocycles. The van der Waals surface area contributed by atoms with Gasteiger partial charge in [0.05, 0.1) is 18.9 Å². The molecule has 5 heteroatoms. The van der Waals surface area contributed by atoms with Crippen LogP contribution in [0.25, 0.3) is 10.8 Å². The van der Waals surface area contributed by atoms with Gasteiger partial charge in [0.25, 0.3) is 0 Å². The first kappa shape index (κ1) is 20.5. The molecule has 3 aromatic rings. The normalized spacial score (nSPS) is 12.8. The minimum Gasteiger partial charge on any atom is -0.308 e. The molecule has 0 N–H and O–H groups in total. The molecule has 3 aromatic carbocycles. The molecule has 0 heterocycles. The summed E-state index contributed by atoms with van der Waals surface area (Å²) in [6.07, 6.45) is 0.0552. The molecule has 1 atom stereocenters. The van der Waals surface area contributed by atoms with E-state index in [4.69, 9.17) is 9.05 Å². The molecule has 0 saturated carbocycles. The van der Waals surface area contributed by atoms with Crippen LogP contribution in [0, 0.1) is 0 Å². The molecule has 0 amide bonds. The Hall–Kier alpha value is -2.26. The van der Waals surface area contributed by atoms with E-state index in [1.807, 2.05) is 60.7 Å². The molecule has 0 aliphatic rings. The molecule has 146 valence electrons. The van der Waals surface area contributed by atoms with E-state index < -0.39 is 13.3 Å². The number of rotatable bonds is 9. The smallest absolute Gasteiger partial charge is 0.308 e. The van der Waals surface area contributed by atoms with Gasteiger partial charge >= 0.3 is 7.60 Å². The lowest BCUT2D eigenvalue weighted by atomic mass is 10.00. The molecule has 28 heavy (non-hydrogen) atoms. The van der Waals surface area contributed by atoms with E-state index >= 15 is 0 Å². The van der Waals surface area contributed by atoms with Gasteiger partial charge in [-0.1, -0.05) is 72.8 Å². The molecule has 0 bridgehead atoms. The molecule has 0 fully saturated rings. The minimum absolute atomic E-state index is 0.0552. The molecule has 0 unspecified atom stereocenters. The van der Waals surface area contributed by atoms with Gasteiger partial charge in [0, 0.05) is 12.0 Å². The quantitative estimate of drug-likeness (QED) is 0.309. The van der Waals surface area contributed by atoms with Gasteiger partial charge in [-0.3, -0.25) is 9.36 Å². The van der Waals surface area contributed by atoms with Crippen LogP contribution in [0.1, 0.15) is 41.8 Å². The molecule has 0 saturated heterocycles. The third kappa shape index (κ3) is 4.59. The van der Waals surface area contributed by atoms with Crippen LogP contribution < -0.4 is 0 Å². The van der Waals surface area contributed by atoms with Gasteiger partial charge in [-0.15, -0.1) is 0 Å². The summed E-state index contributed by atoms with van der Waals surface area (Å²) in [6.45, 7) is 4.06. The Kier molecular flexibility index (Phi) is 6.79. The van der Waals surface area contributed by atoms with Crippen LogP contribution in [-0.2, 0) is 13.6 Å². The molecule has 0 aliphatic carbocycles. The summed E-state index contributed by atoms with van der Waals surface area (Å²) in [4.78, 5) is 12.9. The highest BCUT2D eigenvalue weighted by atomic mass is 31.2. The molecule has 0 spiro atoms.